The van der Waals surface area contributed by atoms with E-state index in [0.29, 0.717) is 17.7 Å². The minimum Gasteiger partial charge on any atom is -0.494 e. The molecule has 0 aliphatic carbocycles. The van der Waals surface area contributed by atoms with Gasteiger partial charge in [0.05, 0.1) is 6.61 Å². The number of hydrogen-bond acceptors (Lipinski definition) is 2. The molecular weight excluding hydrogens is 212 g/mol. The summed E-state index contributed by atoms with van der Waals surface area (Å²) in [5.74, 6) is 0.825. The van der Waals surface area contributed by atoms with Gasteiger partial charge in [-0.2, -0.15) is 0 Å². The molecule has 0 radical (unpaired) electrons. The molecule has 0 spiro atoms. The Morgan fingerprint density at radius 3 is 2.12 bits per heavy atom. The monoisotopic (exact) mass is 226 g/mol. The lowest BCUT2D eigenvalue weighted by molar-refractivity contribution is 0.103. The molecular formula is C15H14O2. The summed E-state index contributed by atoms with van der Waals surface area (Å²) < 4.78 is 5.33. The summed E-state index contributed by atoms with van der Waals surface area (Å²) in [4.78, 5) is 12.1. The fraction of sp³-hybridized carbons (Fsp3) is 0.133. The number of ether oxygens (including phenoxy) is 1. The predicted octanol–water partition coefficient (Wildman–Crippen LogP) is 3.32. The Labute approximate surface area is 101 Å². The van der Waals surface area contributed by atoms with Gasteiger partial charge in [0.1, 0.15) is 5.75 Å². The van der Waals surface area contributed by atoms with E-state index in [2.05, 4.69) is 0 Å². The molecule has 0 saturated heterocycles. The number of carbonyl (C=O) groups excluding carboxylic acids is 1. The van der Waals surface area contributed by atoms with Crippen LogP contribution in [-0.4, -0.2) is 12.4 Å². The maximum absolute atomic E-state index is 12.1. The molecule has 2 nitrogen and oxygen atoms in total. The van der Waals surface area contributed by atoms with Gasteiger partial charge in [-0.05, 0) is 31.2 Å². The first-order valence-electron chi connectivity index (χ1n) is 5.64. The van der Waals surface area contributed by atoms with Crippen LogP contribution in [0.3, 0.4) is 0 Å². The molecule has 0 saturated carbocycles. The summed E-state index contributed by atoms with van der Waals surface area (Å²) in [6, 6.07) is 16.5. The topological polar surface area (TPSA) is 26.3 Å². The lowest BCUT2D eigenvalue weighted by atomic mass is 10.0. The lowest BCUT2D eigenvalue weighted by Crippen LogP contribution is -2.01. The Morgan fingerprint density at radius 1 is 0.941 bits per heavy atom. The van der Waals surface area contributed by atoms with E-state index in [9.17, 15) is 4.79 Å². The number of hydrogen-bond donors (Lipinski definition) is 0. The molecule has 2 aromatic rings. The highest BCUT2D eigenvalue weighted by Crippen LogP contribution is 2.15. The maximum Gasteiger partial charge on any atom is 0.193 e. The van der Waals surface area contributed by atoms with Gasteiger partial charge >= 0.3 is 0 Å². The van der Waals surface area contributed by atoms with Gasteiger partial charge in [0.25, 0.3) is 0 Å². The lowest BCUT2D eigenvalue weighted by Gasteiger charge is -2.04. The van der Waals surface area contributed by atoms with Crippen molar-refractivity contribution in [2.24, 2.45) is 0 Å². The molecule has 0 N–H and O–H groups in total. The van der Waals surface area contributed by atoms with Crippen LogP contribution in [-0.2, 0) is 0 Å². The summed E-state index contributed by atoms with van der Waals surface area (Å²) in [7, 11) is 0. The molecule has 86 valence electrons. The number of benzene rings is 2. The standard InChI is InChI=1S/C15H14O2/c1-2-17-14-10-8-13(9-11-14)15(16)12-6-4-3-5-7-12/h3-11H,2H2,1H3. The van der Waals surface area contributed by atoms with E-state index in [4.69, 9.17) is 4.74 Å². The van der Waals surface area contributed by atoms with Crippen molar-refractivity contribution in [3.05, 3.63) is 65.7 Å². The third-order valence-electron chi connectivity index (χ3n) is 2.46. The maximum atomic E-state index is 12.1. The largest absolute Gasteiger partial charge is 0.494 e. The Kier molecular flexibility index (Phi) is 3.55. The van der Waals surface area contributed by atoms with E-state index in [0.717, 1.165) is 5.75 Å². The van der Waals surface area contributed by atoms with Crippen LogP contribution in [0.4, 0.5) is 0 Å². The summed E-state index contributed by atoms with van der Waals surface area (Å²) in [5.41, 5.74) is 1.39. The van der Waals surface area contributed by atoms with Crippen molar-refractivity contribution in [1.29, 1.82) is 0 Å². The minimum absolute atomic E-state index is 0.0358. The molecule has 0 heterocycles. The van der Waals surface area contributed by atoms with Crippen molar-refractivity contribution in [2.75, 3.05) is 6.61 Å². The quantitative estimate of drug-likeness (QED) is 0.747. The first kappa shape index (κ1) is 11.4. The summed E-state index contributed by atoms with van der Waals surface area (Å²) in [6.45, 7) is 2.56. The van der Waals surface area contributed by atoms with E-state index in [1.54, 1.807) is 12.1 Å². The third kappa shape index (κ3) is 2.72. The Hall–Kier alpha value is -2.09. The fourth-order valence-electron chi connectivity index (χ4n) is 1.63. The average Bonchev–Trinajstić information content (AvgIpc) is 2.40. The van der Waals surface area contributed by atoms with E-state index >= 15 is 0 Å². The summed E-state index contributed by atoms with van der Waals surface area (Å²) in [6.07, 6.45) is 0. The van der Waals surface area contributed by atoms with Gasteiger partial charge in [-0.3, -0.25) is 4.79 Å². The molecule has 2 rings (SSSR count). The van der Waals surface area contributed by atoms with Crippen molar-refractivity contribution in [1.82, 2.24) is 0 Å². The van der Waals surface area contributed by atoms with Gasteiger partial charge in [-0.15, -0.1) is 0 Å². The molecule has 2 aromatic carbocycles. The highest BCUT2D eigenvalue weighted by atomic mass is 16.5. The number of carbonyl (C=O) groups is 1. The second kappa shape index (κ2) is 5.30. The van der Waals surface area contributed by atoms with Crippen LogP contribution in [0.2, 0.25) is 0 Å². The SMILES string of the molecule is CCOc1ccc(C(=O)c2ccccc2)cc1. The van der Waals surface area contributed by atoms with Crippen molar-refractivity contribution in [3.63, 3.8) is 0 Å². The van der Waals surface area contributed by atoms with E-state index < -0.39 is 0 Å². The first-order valence-corrected chi connectivity index (χ1v) is 5.64. The zero-order chi connectivity index (χ0) is 12.1. The second-order valence-electron chi connectivity index (χ2n) is 3.65. The van der Waals surface area contributed by atoms with Crippen LogP contribution in [0, 0.1) is 0 Å². The molecule has 0 fully saturated rings. The first-order chi connectivity index (χ1) is 8.31. The smallest absolute Gasteiger partial charge is 0.193 e. The normalized spacial score (nSPS) is 9.94. The number of rotatable bonds is 4. The van der Waals surface area contributed by atoms with Crippen LogP contribution in [0.5, 0.6) is 5.75 Å². The molecule has 0 aliphatic heterocycles. The highest BCUT2D eigenvalue weighted by molar-refractivity contribution is 6.08. The van der Waals surface area contributed by atoms with Crippen molar-refractivity contribution < 1.29 is 9.53 Å². The van der Waals surface area contributed by atoms with Gasteiger partial charge < -0.3 is 4.74 Å². The fourth-order valence-corrected chi connectivity index (χ4v) is 1.63. The zero-order valence-corrected chi connectivity index (χ0v) is 9.72. The van der Waals surface area contributed by atoms with Crippen LogP contribution >= 0.6 is 0 Å². The molecule has 0 unspecified atom stereocenters. The molecule has 17 heavy (non-hydrogen) atoms. The van der Waals surface area contributed by atoms with Crippen molar-refractivity contribution >= 4 is 5.78 Å². The van der Waals surface area contributed by atoms with Gasteiger partial charge in [0.15, 0.2) is 5.78 Å². The highest BCUT2D eigenvalue weighted by Gasteiger charge is 2.07. The van der Waals surface area contributed by atoms with Crippen LogP contribution in [0.1, 0.15) is 22.8 Å². The van der Waals surface area contributed by atoms with E-state index in [1.165, 1.54) is 0 Å². The number of ketones is 1. The second-order valence-corrected chi connectivity index (χ2v) is 3.65. The Morgan fingerprint density at radius 2 is 1.53 bits per heavy atom. The predicted molar refractivity (Wildman–Crippen MR) is 67.5 cm³/mol. The summed E-state index contributed by atoms with van der Waals surface area (Å²) >= 11 is 0. The molecule has 0 aliphatic rings. The molecule has 0 bridgehead atoms. The zero-order valence-electron chi connectivity index (χ0n) is 9.72. The van der Waals surface area contributed by atoms with E-state index in [1.807, 2.05) is 49.4 Å². The van der Waals surface area contributed by atoms with Crippen molar-refractivity contribution in [2.45, 2.75) is 6.92 Å². The van der Waals surface area contributed by atoms with E-state index in [-0.39, 0.29) is 5.78 Å². The third-order valence-corrected chi connectivity index (χ3v) is 2.46. The molecule has 0 atom stereocenters. The van der Waals surface area contributed by atoms with Crippen LogP contribution < -0.4 is 4.74 Å². The molecule has 0 aromatic heterocycles. The molecule has 0 amide bonds. The van der Waals surface area contributed by atoms with Gasteiger partial charge in [0.2, 0.25) is 0 Å². The van der Waals surface area contributed by atoms with Gasteiger partial charge in [0, 0.05) is 11.1 Å². The minimum atomic E-state index is 0.0358. The average molecular weight is 226 g/mol. The van der Waals surface area contributed by atoms with Crippen LogP contribution in [0.25, 0.3) is 0 Å². The van der Waals surface area contributed by atoms with Crippen molar-refractivity contribution in [3.8, 4) is 5.75 Å². The van der Waals surface area contributed by atoms with Gasteiger partial charge in [-0.25, -0.2) is 0 Å². The summed E-state index contributed by atoms with van der Waals surface area (Å²) in [5, 5.41) is 0. The van der Waals surface area contributed by atoms with Crippen LogP contribution in [0.15, 0.2) is 54.6 Å². The Bertz CT molecular complexity index is 486. The molecule has 2 heteroatoms. The Balaban J connectivity index is 2.20. The van der Waals surface area contributed by atoms with Gasteiger partial charge in [-0.1, -0.05) is 30.3 Å².